The number of hydrogen-bond acceptors (Lipinski definition) is 2. The van der Waals surface area contributed by atoms with Crippen molar-refractivity contribution >= 4 is 27.7 Å². The molecule has 1 nitrogen and oxygen atoms in total. The Morgan fingerprint density at radius 3 is 2.67 bits per heavy atom. The lowest BCUT2D eigenvalue weighted by molar-refractivity contribution is 0.112. The molecule has 88 valence electrons. The number of carbonyl (C=O) groups excluding carboxylic acids is 1. The smallest absolute Gasteiger partial charge is 0.150 e. The summed E-state index contributed by atoms with van der Waals surface area (Å²) in [6.07, 6.45) is 0.667. The van der Waals surface area contributed by atoms with Crippen LogP contribution < -0.4 is 0 Å². The van der Waals surface area contributed by atoms with Crippen molar-refractivity contribution in [3.63, 3.8) is 0 Å². The van der Waals surface area contributed by atoms with Crippen LogP contribution in [0.25, 0.3) is 20.5 Å². The van der Waals surface area contributed by atoms with Crippen LogP contribution in [0.3, 0.4) is 0 Å². The quantitative estimate of drug-likeness (QED) is 0.616. The van der Waals surface area contributed by atoms with Gasteiger partial charge in [0, 0.05) is 15.1 Å². The first-order chi connectivity index (χ1) is 8.76. The van der Waals surface area contributed by atoms with E-state index < -0.39 is 0 Å². The minimum atomic E-state index is -0.382. The standard InChI is InChI=1S/C15H9FOS/c16-13-6-10(9-17)5-12(7-13)15-8-11-3-1-2-4-14(11)18-15/h1-9H. The average Bonchev–Trinajstić information content (AvgIpc) is 2.81. The molecule has 0 spiro atoms. The van der Waals surface area contributed by atoms with Gasteiger partial charge in [0.1, 0.15) is 12.1 Å². The van der Waals surface area contributed by atoms with Crippen molar-refractivity contribution in [2.75, 3.05) is 0 Å². The second-order valence-electron chi connectivity index (χ2n) is 4.04. The molecule has 0 unspecified atom stereocenters. The molecule has 0 aliphatic carbocycles. The van der Waals surface area contributed by atoms with Crippen LogP contribution in [0.2, 0.25) is 0 Å². The Hall–Kier alpha value is -2.00. The van der Waals surface area contributed by atoms with Crippen molar-refractivity contribution in [2.24, 2.45) is 0 Å². The summed E-state index contributed by atoms with van der Waals surface area (Å²) in [4.78, 5) is 11.7. The SMILES string of the molecule is O=Cc1cc(F)cc(-c2cc3ccccc3s2)c1. The lowest BCUT2D eigenvalue weighted by Crippen LogP contribution is -1.84. The second kappa shape index (κ2) is 4.35. The fourth-order valence-electron chi connectivity index (χ4n) is 1.95. The summed E-state index contributed by atoms with van der Waals surface area (Å²) in [6.45, 7) is 0. The van der Waals surface area contributed by atoms with E-state index >= 15 is 0 Å². The number of benzene rings is 2. The van der Waals surface area contributed by atoms with Crippen molar-refractivity contribution in [3.05, 3.63) is 59.9 Å². The van der Waals surface area contributed by atoms with E-state index in [9.17, 15) is 9.18 Å². The summed E-state index contributed by atoms with van der Waals surface area (Å²) in [5, 5.41) is 1.13. The lowest BCUT2D eigenvalue weighted by atomic mass is 10.1. The topological polar surface area (TPSA) is 17.1 Å². The Morgan fingerprint density at radius 2 is 1.89 bits per heavy atom. The summed E-state index contributed by atoms with van der Waals surface area (Å²) in [7, 11) is 0. The van der Waals surface area contributed by atoms with Gasteiger partial charge in [-0.3, -0.25) is 4.79 Å². The Labute approximate surface area is 108 Å². The Bertz CT molecular complexity index is 697. The number of carbonyl (C=O) groups is 1. The molecule has 3 heteroatoms. The highest BCUT2D eigenvalue weighted by molar-refractivity contribution is 7.22. The number of hydrogen-bond donors (Lipinski definition) is 0. The molecule has 0 atom stereocenters. The molecule has 0 bridgehead atoms. The van der Waals surface area contributed by atoms with Crippen LogP contribution in [0.15, 0.2) is 48.5 Å². The van der Waals surface area contributed by atoms with E-state index in [1.165, 1.54) is 12.1 Å². The van der Waals surface area contributed by atoms with E-state index in [1.807, 2.05) is 30.3 Å². The van der Waals surface area contributed by atoms with Crippen molar-refractivity contribution < 1.29 is 9.18 Å². The predicted molar refractivity (Wildman–Crippen MR) is 72.6 cm³/mol. The first-order valence-corrected chi connectivity index (χ1v) is 6.32. The predicted octanol–water partition coefficient (Wildman–Crippen LogP) is 4.52. The molecule has 1 aromatic heterocycles. The Morgan fingerprint density at radius 1 is 1.06 bits per heavy atom. The maximum absolute atomic E-state index is 13.4. The monoisotopic (exact) mass is 256 g/mol. The van der Waals surface area contributed by atoms with E-state index in [0.29, 0.717) is 11.8 Å². The minimum Gasteiger partial charge on any atom is -0.298 e. The third-order valence-electron chi connectivity index (χ3n) is 2.77. The van der Waals surface area contributed by atoms with Gasteiger partial charge >= 0.3 is 0 Å². The number of thiophene rings is 1. The van der Waals surface area contributed by atoms with Crippen LogP contribution >= 0.6 is 11.3 Å². The third-order valence-corrected chi connectivity index (χ3v) is 3.93. The maximum atomic E-state index is 13.4. The summed E-state index contributed by atoms with van der Waals surface area (Å²) in [5.74, 6) is -0.382. The molecule has 0 aliphatic heterocycles. The highest BCUT2D eigenvalue weighted by Gasteiger charge is 2.06. The van der Waals surface area contributed by atoms with E-state index in [-0.39, 0.29) is 5.82 Å². The molecule has 3 aromatic rings. The summed E-state index contributed by atoms with van der Waals surface area (Å²) < 4.78 is 14.6. The van der Waals surface area contributed by atoms with Crippen molar-refractivity contribution in [1.82, 2.24) is 0 Å². The second-order valence-corrected chi connectivity index (χ2v) is 5.12. The fraction of sp³-hybridized carbons (Fsp3) is 0. The molecule has 0 N–H and O–H groups in total. The van der Waals surface area contributed by atoms with Gasteiger partial charge in [0.25, 0.3) is 0 Å². The Balaban J connectivity index is 2.19. The number of fused-ring (bicyclic) bond motifs is 1. The molecule has 0 saturated carbocycles. The Kier molecular flexibility index (Phi) is 2.68. The van der Waals surface area contributed by atoms with Crippen molar-refractivity contribution in [3.8, 4) is 10.4 Å². The van der Waals surface area contributed by atoms with Crippen LogP contribution in [-0.4, -0.2) is 6.29 Å². The molecule has 0 radical (unpaired) electrons. The van der Waals surface area contributed by atoms with Gasteiger partial charge in [-0.15, -0.1) is 11.3 Å². The van der Waals surface area contributed by atoms with Gasteiger partial charge < -0.3 is 0 Å². The van der Waals surface area contributed by atoms with Crippen LogP contribution in [-0.2, 0) is 0 Å². The summed E-state index contributed by atoms with van der Waals surface area (Å²) in [6, 6.07) is 14.4. The van der Waals surface area contributed by atoms with Gasteiger partial charge in [0.05, 0.1) is 0 Å². The van der Waals surface area contributed by atoms with E-state index in [4.69, 9.17) is 0 Å². The van der Waals surface area contributed by atoms with Gasteiger partial charge in [-0.2, -0.15) is 0 Å². The molecule has 0 amide bonds. The first kappa shape index (κ1) is 11.1. The minimum absolute atomic E-state index is 0.363. The lowest BCUT2D eigenvalue weighted by Gasteiger charge is -1.99. The maximum Gasteiger partial charge on any atom is 0.150 e. The third kappa shape index (κ3) is 1.93. The van der Waals surface area contributed by atoms with Gasteiger partial charge in [-0.1, -0.05) is 18.2 Å². The zero-order chi connectivity index (χ0) is 12.5. The molecule has 3 rings (SSSR count). The van der Waals surface area contributed by atoms with Crippen LogP contribution in [0.5, 0.6) is 0 Å². The zero-order valence-corrected chi connectivity index (χ0v) is 10.2. The van der Waals surface area contributed by atoms with Gasteiger partial charge in [-0.05, 0) is 41.3 Å². The van der Waals surface area contributed by atoms with E-state index in [2.05, 4.69) is 0 Å². The number of halogens is 1. The fourth-order valence-corrected chi connectivity index (χ4v) is 3.00. The molecule has 1 heterocycles. The van der Waals surface area contributed by atoms with E-state index in [0.717, 1.165) is 20.5 Å². The number of aldehydes is 1. The van der Waals surface area contributed by atoms with Crippen molar-refractivity contribution in [2.45, 2.75) is 0 Å². The molecular formula is C15H9FOS. The largest absolute Gasteiger partial charge is 0.298 e. The van der Waals surface area contributed by atoms with Crippen LogP contribution in [0, 0.1) is 5.82 Å². The molecule has 0 saturated heterocycles. The van der Waals surface area contributed by atoms with Crippen LogP contribution in [0.4, 0.5) is 4.39 Å². The summed E-state index contributed by atoms with van der Waals surface area (Å²) >= 11 is 1.60. The average molecular weight is 256 g/mol. The highest BCUT2D eigenvalue weighted by Crippen LogP contribution is 2.33. The van der Waals surface area contributed by atoms with Gasteiger partial charge in [-0.25, -0.2) is 4.39 Å². The normalized spacial score (nSPS) is 10.7. The van der Waals surface area contributed by atoms with Crippen molar-refractivity contribution in [1.29, 1.82) is 0 Å². The zero-order valence-electron chi connectivity index (χ0n) is 9.39. The molecule has 18 heavy (non-hydrogen) atoms. The van der Waals surface area contributed by atoms with Gasteiger partial charge in [0.15, 0.2) is 0 Å². The highest BCUT2D eigenvalue weighted by atomic mass is 32.1. The first-order valence-electron chi connectivity index (χ1n) is 5.51. The molecule has 0 aliphatic rings. The molecule has 0 fully saturated rings. The molecular weight excluding hydrogens is 247 g/mol. The summed E-state index contributed by atoms with van der Waals surface area (Å²) in [5.41, 5.74) is 1.11. The molecule has 2 aromatic carbocycles. The van der Waals surface area contributed by atoms with Crippen LogP contribution in [0.1, 0.15) is 10.4 Å². The van der Waals surface area contributed by atoms with E-state index in [1.54, 1.807) is 17.4 Å². The number of rotatable bonds is 2. The van der Waals surface area contributed by atoms with Gasteiger partial charge in [0.2, 0.25) is 0 Å².